The lowest BCUT2D eigenvalue weighted by atomic mass is 10.2. The van der Waals surface area contributed by atoms with Crippen LogP contribution in [0.1, 0.15) is 18.9 Å². The van der Waals surface area contributed by atoms with Crippen LogP contribution < -0.4 is 24.8 Å². The minimum Gasteiger partial charge on any atom is -0.492 e. The highest BCUT2D eigenvalue weighted by molar-refractivity contribution is 5.76. The zero-order valence-corrected chi connectivity index (χ0v) is 14.2. The third kappa shape index (κ3) is 4.56. The number of carbonyl (C=O) groups is 1. The number of amides is 1. The van der Waals surface area contributed by atoms with Crippen LogP contribution in [0.15, 0.2) is 42.5 Å². The molecule has 1 amide bonds. The summed E-state index contributed by atoms with van der Waals surface area (Å²) in [4.78, 5) is 12.0. The van der Waals surface area contributed by atoms with Gasteiger partial charge in [-0.15, -0.1) is 0 Å². The molecule has 0 bridgehead atoms. The van der Waals surface area contributed by atoms with Crippen molar-refractivity contribution in [1.29, 1.82) is 0 Å². The molecule has 6 heteroatoms. The Morgan fingerprint density at radius 1 is 1.16 bits per heavy atom. The van der Waals surface area contributed by atoms with Gasteiger partial charge in [0.15, 0.2) is 11.5 Å². The minimum absolute atomic E-state index is 0.0148. The molecule has 2 N–H and O–H groups in total. The van der Waals surface area contributed by atoms with Crippen LogP contribution >= 0.6 is 0 Å². The lowest BCUT2D eigenvalue weighted by Crippen LogP contribution is -2.24. The molecule has 2 aromatic rings. The summed E-state index contributed by atoms with van der Waals surface area (Å²) in [6.45, 7) is 3.80. The quantitative estimate of drug-likeness (QED) is 0.772. The van der Waals surface area contributed by atoms with Crippen molar-refractivity contribution in [3.8, 4) is 17.2 Å². The summed E-state index contributed by atoms with van der Waals surface area (Å²) in [7, 11) is 0. The van der Waals surface area contributed by atoms with Gasteiger partial charge in [0.05, 0.1) is 12.3 Å². The van der Waals surface area contributed by atoms with Crippen LogP contribution in [0, 0.1) is 0 Å². The summed E-state index contributed by atoms with van der Waals surface area (Å²) in [5, 5.41) is 6.15. The highest BCUT2D eigenvalue weighted by Crippen LogP contribution is 2.32. The fraction of sp³-hybridized carbons (Fsp3) is 0.316. The molecule has 0 fully saturated rings. The highest BCUT2D eigenvalue weighted by atomic mass is 16.7. The number of para-hydroxylation sites is 2. The Balaban J connectivity index is 1.43. The van der Waals surface area contributed by atoms with E-state index in [1.165, 1.54) is 0 Å². The van der Waals surface area contributed by atoms with Crippen LogP contribution in [-0.4, -0.2) is 25.9 Å². The van der Waals surface area contributed by atoms with E-state index in [9.17, 15) is 4.79 Å². The van der Waals surface area contributed by atoms with Crippen LogP contribution in [0.2, 0.25) is 0 Å². The number of hydrogen-bond acceptors (Lipinski definition) is 5. The number of carbonyl (C=O) groups excluding carboxylic acids is 1. The van der Waals surface area contributed by atoms with Crippen molar-refractivity contribution in [3.05, 3.63) is 48.0 Å². The van der Waals surface area contributed by atoms with Crippen molar-refractivity contribution in [2.24, 2.45) is 0 Å². The number of benzene rings is 2. The maximum atomic E-state index is 12.0. The first-order valence-corrected chi connectivity index (χ1v) is 8.37. The molecule has 0 spiro atoms. The summed E-state index contributed by atoms with van der Waals surface area (Å²) in [5.74, 6) is 2.25. The molecule has 3 rings (SSSR count). The molecule has 0 radical (unpaired) electrons. The minimum atomic E-state index is -0.0148. The first kappa shape index (κ1) is 17.0. The van der Waals surface area contributed by atoms with E-state index < -0.39 is 0 Å². The molecular formula is C19H22N2O4. The van der Waals surface area contributed by atoms with Crippen molar-refractivity contribution >= 4 is 11.6 Å². The van der Waals surface area contributed by atoms with E-state index in [0.29, 0.717) is 26.1 Å². The van der Waals surface area contributed by atoms with Gasteiger partial charge in [-0.05, 0) is 36.8 Å². The monoisotopic (exact) mass is 342 g/mol. The lowest BCUT2D eigenvalue weighted by molar-refractivity contribution is -0.121. The third-order valence-electron chi connectivity index (χ3n) is 3.78. The van der Waals surface area contributed by atoms with Crippen LogP contribution in [0.25, 0.3) is 0 Å². The Bertz CT molecular complexity index is 733. The van der Waals surface area contributed by atoms with E-state index in [2.05, 4.69) is 10.6 Å². The van der Waals surface area contributed by atoms with Crippen molar-refractivity contribution in [1.82, 2.24) is 5.32 Å². The Kier molecular flexibility index (Phi) is 5.61. The average Bonchev–Trinajstić information content (AvgIpc) is 3.09. The van der Waals surface area contributed by atoms with Gasteiger partial charge in [-0.2, -0.15) is 0 Å². The molecule has 0 unspecified atom stereocenters. The van der Waals surface area contributed by atoms with E-state index in [4.69, 9.17) is 14.2 Å². The Morgan fingerprint density at radius 2 is 2.00 bits per heavy atom. The predicted molar refractivity (Wildman–Crippen MR) is 95.1 cm³/mol. The molecule has 25 heavy (non-hydrogen) atoms. The second-order valence-corrected chi connectivity index (χ2v) is 5.57. The van der Waals surface area contributed by atoms with Gasteiger partial charge in [0, 0.05) is 19.5 Å². The fourth-order valence-electron chi connectivity index (χ4n) is 2.54. The zero-order chi connectivity index (χ0) is 17.5. The van der Waals surface area contributed by atoms with Gasteiger partial charge in [-0.3, -0.25) is 4.79 Å². The molecule has 132 valence electrons. The van der Waals surface area contributed by atoms with E-state index >= 15 is 0 Å². The van der Waals surface area contributed by atoms with Crippen LogP contribution in [-0.2, 0) is 11.3 Å². The Hall–Kier alpha value is -2.89. The highest BCUT2D eigenvalue weighted by Gasteiger charge is 2.13. The second kappa shape index (κ2) is 8.28. The van der Waals surface area contributed by atoms with E-state index in [0.717, 1.165) is 28.5 Å². The normalized spacial score (nSPS) is 11.9. The number of rotatable bonds is 8. The van der Waals surface area contributed by atoms with Gasteiger partial charge >= 0.3 is 0 Å². The zero-order valence-electron chi connectivity index (χ0n) is 14.2. The molecule has 0 saturated heterocycles. The van der Waals surface area contributed by atoms with E-state index in [1.807, 2.05) is 49.4 Å². The van der Waals surface area contributed by atoms with E-state index in [1.54, 1.807) is 0 Å². The molecule has 2 aromatic carbocycles. The standard InChI is InChI=1S/C19H22N2O4/c1-2-23-16-6-4-3-5-15(16)20-10-9-19(22)21-12-14-7-8-17-18(11-14)25-13-24-17/h3-8,11,20H,2,9-10,12-13H2,1H3,(H,21,22). The van der Waals surface area contributed by atoms with Crippen LogP contribution in [0.4, 0.5) is 5.69 Å². The first-order chi connectivity index (χ1) is 12.3. The number of anilines is 1. The smallest absolute Gasteiger partial charge is 0.231 e. The van der Waals surface area contributed by atoms with Gasteiger partial charge < -0.3 is 24.8 Å². The fourth-order valence-corrected chi connectivity index (χ4v) is 2.54. The van der Waals surface area contributed by atoms with Gasteiger partial charge in [0.2, 0.25) is 12.7 Å². The van der Waals surface area contributed by atoms with Crippen molar-refractivity contribution in [2.45, 2.75) is 19.9 Å². The Morgan fingerprint density at radius 3 is 2.88 bits per heavy atom. The molecule has 1 aliphatic heterocycles. The summed E-state index contributed by atoms with van der Waals surface area (Å²) < 4.78 is 16.2. The van der Waals surface area contributed by atoms with Crippen molar-refractivity contribution in [3.63, 3.8) is 0 Å². The molecular weight excluding hydrogens is 320 g/mol. The molecule has 0 aromatic heterocycles. The maximum absolute atomic E-state index is 12.0. The third-order valence-corrected chi connectivity index (χ3v) is 3.78. The lowest BCUT2D eigenvalue weighted by Gasteiger charge is -2.12. The van der Waals surface area contributed by atoms with Gasteiger partial charge in [0.25, 0.3) is 0 Å². The van der Waals surface area contributed by atoms with Gasteiger partial charge in [-0.1, -0.05) is 18.2 Å². The summed E-state index contributed by atoms with van der Waals surface area (Å²) in [5.41, 5.74) is 1.88. The van der Waals surface area contributed by atoms with Crippen LogP contribution in [0.5, 0.6) is 17.2 Å². The van der Waals surface area contributed by atoms with Crippen molar-refractivity contribution < 1.29 is 19.0 Å². The van der Waals surface area contributed by atoms with Crippen molar-refractivity contribution in [2.75, 3.05) is 25.3 Å². The van der Waals surface area contributed by atoms with Gasteiger partial charge in [0.1, 0.15) is 5.75 Å². The number of hydrogen-bond donors (Lipinski definition) is 2. The first-order valence-electron chi connectivity index (χ1n) is 8.37. The maximum Gasteiger partial charge on any atom is 0.231 e. The largest absolute Gasteiger partial charge is 0.492 e. The molecule has 6 nitrogen and oxygen atoms in total. The summed E-state index contributed by atoms with van der Waals surface area (Å²) in [6.07, 6.45) is 0.380. The van der Waals surface area contributed by atoms with Gasteiger partial charge in [-0.25, -0.2) is 0 Å². The Labute approximate surface area is 147 Å². The molecule has 0 atom stereocenters. The molecule has 1 aliphatic rings. The predicted octanol–water partition coefficient (Wildman–Crippen LogP) is 2.93. The molecule has 0 saturated carbocycles. The second-order valence-electron chi connectivity index (χ2n) is 5.57. The number of ether oxygens (including phenoxy) is 3. The van der Waals surface area contributed by atoms with Crippen LogP contribution in [0.3, 0.4) is 0 Å². The molecule has 1 heterocycles. The van der Waals surface area contributed by atoms with E-state index in [-0.39, 0.29) is 12.7 Å². The number of nitrogens with one attached hydrogen (secondary N) is 2. The average molecular weight is 342 g/mol. The summed E-state index contributed by atoms with van der Waals surface area (Å²) in [6, 6.07) is 13.4. The number of fused-ring (bicyclic) bond motifs is 1. The summed E-state index contributed by atoms with van der Waals surface area (Å²) >= 11 is 0. The SMILES string of the molecule is CCOc1ccccc1NCCC(=O)NCc1ccc2c(c1)OCO2. The topological polar surface area (TPSA) is 68.8 Å². The molecule has 0 aliphatic carbocycles.